The first-order chi connectivity index (χ1) is 3.68. The highest BCUT2D eigenvalue weighted by molar-refractivity contribution is 9.09. The van der Waals surface area contributed by atoms with E-state index in [4.69, 9.17) is 10.2 Å². The van der Waals surface area contributed by atoms with Crippen LogP contribution in [0.1, 0.15) is 6.42 Å². The summed E-state index contributed by atoms with van der Waals surface area (Å²) in [5.74, 6) is 0. The zero-order chi connectivity index (χ0) is 6.57. The minimum atomic E-state index is -1.43. The third-order valence-corrected chi connectivity index (χ3v) is 1.44. The molecule has 0 aliphatic rings. The molecule has 2 nitrogen and oxygen atoms in total. The van der Waals surface area contributed by atoms with Gasteiger partial charge in [-0.25, -0.2) is 0 Å². The predicted molar refractivity (Wildman–Crippen MR) is 39.2 cm³/mol. The zero-order valence-electron chi connectivity index (χ0n) is 4.17. The average Bonchev–Trinajstić information content (AvgIpc) is 1.67. The largest absolute Gasteiger partial charge is 0.364 e. The molecule has 2 N–H and O–H groups in total. The summed E-state index contributed by atoms with van der Waals surface area (Å²) in [5.41, 5.74) is 0. The topological polar surface area (TPSA) is 40.5 Å². The first kappa shape index (κ1) is 8.49. The molecule has 0 heterocycles. The van der Waals surface area contributed by atoms with Gasteiger partial charge < -0.3 is 10.2 Å². The van der Waals surface area contributed by atoms with E-state index in [-0.39, 0.29) is 4.86 Å². The third kappa shape index (κ3) is 3.49. The summed E-state index contributed by atoms with van der Waals surface area (Å²) >= 11 is 7.66. The smallest absolute Gasteiger partial charge is 0.184 e. The minimum absolute atomic E-state index is 0.280. The van der Waals surface area contributed by atoms with Gasteiger partial charge in [-0.3, -0.25) is 0 Å². The number of aliphatic hydroxyl groups excluding tert-OH is 1. The summed E-state index contributed by atoms with van der Waals surface area (Å²) in [6.07, 6.45) is -0.893. The van der Waals surface area contributed by atoms with Crippen molar-refractivity contribution in [1.82, 2.24) is 0 Å². The third-order valence-electron chi connectivity index (χ3n) is 0.629. The molecule has 0 rings (SSSR count). The highest BCUT2D eigenvalue weighted by Gasteiger charge is 2.02. The molecule has 0 saturated carbocycles. The molecule has 0 aromatic carbocycles. The van der Waals surface area contributed by atoms with Crippen LogP contribution in [0.5, 0.6) is 0 Å². The van der Waals surface area contributed by atoms with Crippen LogP contribution >= 0.6 is 28.1 Å². The van der Waals surface area contributed by atoms with Gasteiger partial charge in [-0.1, -0.05) is 28.1 Å². The maximum absolute atomic E-state index is 8.35. The van der Waals surface area contributed by atoms with Crippen LogP contribution in [0.4, 0.5) is 0 Å². The number of rotatable bonds is 3. The Bertz CT molecular complexity index is 84.1. The summed E-state index contributed by atoms with van der Waals surface area (Å²) in [6, 6.07) is 0. The van der Waals surface area contributed by atoms with Gasteiger partial charge in [0.2, 0.25) is 0 Å². The van der Waals surface area contributed by atoms with Crippen molar-refractivity contribution in [3.63, 3.8) is 0 Å². The lowest BCUT2D eigenvalue weighted by Gasteiger charge is -2.00. The molecule has 0 aliphatic heterocycles. The number of aliphatic hydroxyl groups is 2. The van der Waals surface area contributed by atoms with Crippen LogP contribution in [0.15, 0.2) is 0 Å². The molecule has 0 radical (unpaired) electrons. The Morgan fingerprint density at radius 1 is 1.62 bits per heavy atom. The standard InChI is InChI=1S/C4H7BrO2S/c5-2-1-3(8)4(6)7/h4,6-7H,1-2H2. The van der Waals surface area contributed by atoms with Gasteiger partial charge in [0.1, 0.15) is 0 Å². The van der Waals surface area contributed by atoms with E-state index in [9.17, 15) is 0 Å². The summed E-state index contributed by atoms with van der Waals surface area (Å²) in [5, 5.41) is 17.4. The lowest BCUT2D eigenvalue weighted by molar-refractivity contribution is 0.0204. The Hall–Kier alpha value is 0.490. The quantitative estimate of drug-likeness (QED) is 0.394. The Morgan fingerprint density at radius 2 is 2.12 bits per heavy atom. The van der Waals surface area contributed by atoms with Crippen molar-refractivity contribution in [3.05, 3.63) is 0 Å². The van der Waals surface area contributed by atoms with Crippen molar-refractivity contribution >= 4 is 33.0 Å². The number of hydrogen-bond acceptors (Lipinski definition) is 3. The van der Waals surface area contributed by atoms with E-state index in [0.717, 1.165) is 0 Å². The van der Waals surface area contributed by atoms with Gasteiger partial charge in [0.15, 0.2) is 6.29 Å². The average molecular weight is 199 g/mol. The Kier molecular flexibility index (Phi) is 4.64. The molecule has 0 saturated heterocycles. The molecule has 0 aliphatic carbocycles. The van der Waals surface area contributed by atoms with Crippen LogP contribution in [0.3, 0.4) is 0 Å². The zero-order valence-corrected chi connectivity index (χ0v) is 6.57. The van der Waals surface area contributed by atoms with E-state index >= 15 is 0 Å². The number of thiocarbonyl (C=S) groups is 1. The van der Waals surface area contributed by atoms with Gasteiger partial charge in [-0.05, 0) is 6.42 Å². The van der Waals surface area contributed by atoms with Gasteiger partial charge in [-0.15, -0.1) is 0 Å². The van der Waals surface area contributed by atoms with Gasteiger partial charge >= 0.3 is 0 Å². The van der Waals surface area contributed by atoms with Crippen molar-refractivity contribution < 1.29 is 10.2 Å². The Morgan fingerprint density at radius 3 is 2.25 bits per heavy atom. The van der Waals surface area contributed by atoms with E-state index < -0.39 is 6.29 Å². The van der Waals surface area contributed by atoms with E-state index in [1.807, 2.05) is 0 Å². The normalized spacial score (nSPS) is 10.0. The fourth-order valence-electron chi connectivity index (χ4n) is 0.222. The summed E-state index contributed by atoms with van der Waals surface area (Å²) in [7, 11) is 0. The van der Waals surface area contributed by atoms with Crippen molar-refractivity contribution in [2.24, 2.45) is 0 Å². The van der Waals surface area contributed by atoms with Gasteiger partial charge in [0.25, 0.3) is 0 Å². The number of alkyl halides is 1. The molecule has 0 bridgehead atoms. The predicted octanol–water partition coefficient (Wildman–Crippen LogP) is 0.452. The molecule has 0 aromatic heterocycles. The van der Waals surface area contributed by atoms with Gasteiger partial charge in [0.05, 0.1) is 0 Å². The summed E-state index contributed by atoms with van der Waals surface area (Å²) < 4.78 is 0. The molecular weight excluding hydrogens is 192 g/mol. The molecule has 8 heavy (non-hydrogen) atoms. The van der Waals surface area contributed by atoms with Crippen LogP contribution in [0, 0.1) is 0 Å². The molecule has 0 unspecified atom stereocenters. The molecule has 48 valence electrons. The second-order valence-corrected chi connectivity index (χ2v) is 2.60. The Balaban J connectivity index is 3.33. The molecule has 0 fully saturated rings. The molecular formula is C4H7BrO2S. The number of halogens is 1. The lowest BCUT2D eigenvalue weighted by Crippen LogP contribution is -2.16. The van der Waals surface area contributed by atoms with Crippen LogP contribution in [-0.2, 0) is 0 Å². The molecule has 0 spiro atoms. The highest BCUT2D eigenvalue weighted by atomic mass is 79.9. The Labute approximate surface area is 61.6 Å². The second-order valence-electron chi connectivity index (χ2n) is 1.28. The van der Waals surface area contributed by atoms with Crippen LogP contribution in [-0.4, -0.2) is 26.7 Å². The van der Waals surface area contributed by atoms with Gasteiger partial charge in [-0.2, -0.15) is 0 Å². The van der Waals surface area contributed by atoms with E-state index in [1.165, 1.54) is 0 Å². The highest BCUT2D eigenvalue weighted by Crippen LogP contribution is 1.94. The molecule has 0 amide bonds. The van der Waals surface area contributed by atoms with Crippen molar-refractivity contribution in [1.29, 1.82) is 0 Å². The molecule has 0 aromatic rings. The van der Waals surface area contributed by atoms with E-state index in [0.29, 0.717) is 11.8 Å². The van der Waals surface area contributed by atoms with E-state index in [2.05, 4.69) is 28.1 Å². The van der Waals surface area contributed by atoms with Crippen molar-refractivity contribution in [3.8, 4) is 0 Å². The fraction of sp³-hybridized carbons (Fsp3) is 0.750. The summed E-state index contributed by atoms with van der Waals surface area (Å²) in [4.78, 5) is 0.280. The minimum Gasteiger partial charge on any atom is -0.364 e. The maximum atomic E-state index is 8.35. The second kappa shape index (κ2) is 4.38. The monoisotopic (exact) mass is 198 g/mol. The van der Waals surface area contributed by atoms with Crippen LogP contribution < -0.4 is 0 Å². The molecule has 0 atom stereocenters. The SMILES string of the molecule is OC(O)C(=S)CCBr. The van der Waals surface area contributed by atoms with Crippen molar-refractivity contribution in [2.45, 2.75) is 12.7 Å². The van der Waals surface area contributed by atoms with Gasteiger partial charge in [0, 0.05) is 10.2 Å². The molecule has 4 heteroatoms. The summed E-state index contributed by atoms with van der Waals surface area (Å²) in [6.45, 7) is 0. The number of hydrogen-bond donors (Lipinski definition) is 2. The lowest BCUT2D eigenvalue weighted by atomic mass is 10.3. The fourth-order valence-corrected chi connectivity index (χ4v) is 1.01. The van der Waals surface area contributed by atoms with Crippen LogP contribution in [0.25, 0.3) is 0 Å². The maximum Gasteiger partial charge on any atom is 0.184 e. The first-order valence-electron chi connectivity index (χ1n) is 2.13. The first-order valence-corrected chi connectivity index (χ1v) is 3.66. The van der Waals surface area contributed by atoms with Crippen molar-refractivity contribution in [2.75, 3.05) is 5.33 Å². The van der Waals surface area contributed by atoms with Crippen LogP contribution in [0.2, 0.25) is 0 Å². The van der Waals surface area contributed by atoms with E-state index in [1.54, 1.807) is 0 Å².